The van der Waals surface area contributed by atoms with Crippen LogP contribution >= 0.6 is 39.1 Å². The van der Waals surface area contributed by atoms with E-state index in [9.17, 15) is 0 Å². The highest BCUT2D eigenvalue weighted by Crippen LogP contribution is 2.30. The monoisotopic (exact) mass is 374 g/mol. The van der Waals surface area contributed by atoms with Gasteiger partial charge in [-0.25, -0.2) is 15.0 Å². The number of nitrogens with one attached hydrogen (secondary N) is 1. The van der Waals surface area contributed by atoms with Gasteiger partial charge in [0.05, 0.1) is 20.2 Å². The summed E-state index contributed by atoms with van der Waals surface area (Å²) in [5.41, 5.74) is 1.45. The van der Waals surface area contributed by atoms with Crippen LogP contribution in [0.15, 0.2) is 16.7 Å². The van der Waals surface area contributed by atoms with E-state index in [0.717, 1.165) is 23.0 Å². The van der Waals surface area contributed by atoms with Gasteiger partial charge in [0.25, 0.3) is 0 Å². The topological polar surface area (TPSA) is 50.7 Å². The van der Waals surface area contributed by atoms with Gasteiger partial charge in [-0.15, -0.1) is 0 Å². The Labute approximate surface area is 136 Å². The third-order valence-corrected chi connectivity index (χ3v) is 3.99. The molecule has 106 valence electrons. The summed E-state index contributed by atoms with van der Waals surface area (Å²) in [6, 6.07) is 1.63. The molecule has 0 aliphatic carbocycles. The Balaban J connectivity index is 2.58. The van der Waals surface area contributed by atoms with Crippen molar-refractivity contribution in [2.45, 2.75) is 19.8 Å². The molecule has 4 nitrogen and oxygen atoms in total. The zero-order valence-corrected chi connectivity index (χ0v) is 14.1. The van der Waals surface area contributed by atoms with Gasteiger partial charge in [-0.1, -0.05) is 36.5 Å². The minimum Gasteiger partial charge on any atom is -0.372 e. The second-order valence-electron chi connectivity index (χ2n) is 4.14. The molecular formula is C13H13BrCl2N4. The number of hydrogen-bond acceptors (Lipinski definition) is 4. The fourth-order valence-electron chi connectivity index (χ4n) is 1.75. The average Bonchev–Trinajstić information content (AvgIpc) is 2.41. The van der Waals surface area contributed by atoms with Crippen molar-refractivity contribution in [2.24, 2.45) is 0 Å². The molecule has 2 aromatic heterocycles. The van der Waals surface area contributed by atoms with E-state index in [0.29, 0.717) is 27.4 Å². The molecule has 0 radical (unpaired) electrons. The molecule has 7 heteroatoms. The van der Waals surface area contributed by atoms with Crippen LogP contribution in [0.1, 0.15) is 19.0 Å². The predicted molar refractivity (Wildman–Crippen MR) is 86.5 cm³/mol. The summed E-state index contributed by atoms with van der Waals surface area (Å²) in [7, 11) is 1.81. The van der Waals surface area contributed by atoms with Crippen LogP contribution in [-0.4, -0.2) is 22.0 Å². The molecule has 2 rings (SSSR count). The molecule has 0 aliphatic heterocycles. The molecule has 0 bridgehead atoms. The largest absolute Gasteiger partial charge is 0.372 e. The Bertz CT molecular complexity index is 634. The zero-order chi connectivity index (χ0) is 14.7. The lowest BCUT2D eigenvalue weighted by Gasteiger charge is -2.11. The highest BCUT2D eigenvalue weighted by atomic mass is 79.9. The van der Waals surface area contributed by atoms with Gasteiger partial charge in [0.1, 0.15) is 11.5 Å². The van der Waals surface area contributed by atoms with E-state index < -0.39 is 0 Å². The van der Waals surface area contributed by atoms with E-state index in [2.05, 4.69) is 43.1 Å². The zero-order valence-electron chi connectivity index (χ0n) is 11.0. The van der Waals surface area contributed by atoms with Gasteiger partial charge in [0.2, 0.25) is 0 Å². The second kappa shape index (κ2) is 6.70. The molecule has 0 saturated carbocycles. The Kier molecular flexibility index (Phi) is 5.18. The summed E-state index contributed by atoms with van der Waals surface area (Å²) in [5, 5.41) is 3.96. The molecule has 0 amide bonds. The van der Waals surface area contributed by atoms with Gasteiger partial charge in [-0.3, -0.25) is 0 Å². The number of pyridine rings is 1. The quantitative estimate of drug-likeness (QED) is 0.848. The van der Waals surface area contributed by atoms with Crippen LogP contribution in [0.3, 0.4) is 0 Å². The first-order valence-corrected chi connectivity index (χ1v) is 7.67. The van der Waals surface area contributed by atoms with E-state index in [1.807, 2.05) is 7.05 Å². The molecule has 0 atom stereocenters. The van der Waals surface area contributed by atoms with Crippen molar-refractivity contribution in [1.82, 2.24) is 15.0 Å². The molecule has 0 saturated heterocycles. The molecular weight excluding hydrogens is 363 g/mol. The van der Waals surface area contributed by atoms with Crippen LogP contribution in [0.25, 0.3) is 11.5 Å². The molecule has 0 unspecified atom stereocenters. The van der Waals surface area contributed by atoms with Crippen LogP contribution in [0.4, 0.5) is 5.82 Å². The maximum absolute atomic E-state index is 6.17. The van der Waals surface area contributed by atoms with Gasteiger partial charge in [0, 0.05) is 13.2 Å². The Morgan fingerprint density at radius 1 is 1.30 bits per heavy atom. The lowest BCUT2D eigenvalue weighted by Crippen LogP contribution is -2.04. The van der Waals surface area contributed by atoms with E-state index in [4.69, 9.17) is 23.2 Å². The van der Waals surface area contributed by atoms with Crippen molar-refractivity contribution in [3.63, 3.8) is 0 Å². The normalized spacial score (nSPS) is 10.7. The van der Waals surface area contributed by atoms with Gasteiger partial charge in [-0.2, -0.15) is 0 Å². The summed E-state index contributed by atoms with van der Waals surface area (Å²) in [6.07, 6.45) is 3.36. The van der Waals surface area contributed by atoms with Crippen LogP contribution in [0, 0.1) is 0 Å². The van der Waals surface area contributed by atoms with Crippen molar-refractivity contribution in [2.75, 3.05) is 12.4 Å². The number of halogens is 3. The van der Waals surface area contributed by atoms with Crippen LogP contribution in [0.5, 0.6) is 0 Å². The molecule has 0 aliphatic rings. The molecule has 2 heterocycles. The second-order valence-corrected chi connectivity index (χ2v) is 5.78. The molecule has 0 fully saturated rings. The first kappa shape index (κ1) is 15.5. The number of aryl methyl sites for hydroxylation is 1. The van der Waals surface area contributed by atoms with Crippen molar-refractivity contribution in [3.05, 3.63) is 32.5 Å². The predicted octanol–water partition coefficient (Wildman–Crippen LogP) is 4.60. The third-order valence-electron chi connectivity index (χ3n) is 2.66. The summed E-state index contributed by atoms with van der Waals surface area (Å²) < 4.78 is 0.871. The number of hydrogen-bond donors (Lipinski definition) is 1. The highest BCUT2D eigenvalue weighted by Gasteiger charge is 2.15. The standard InChI is InChI=1S/C13H13BrCl2N4/c1-3-4-9-10(14)12(17-2)20-13(19-9)11-8(16)5-7(15)6-18-11/h5-6H,3-4H2,1-2H3,(H,17,19,20). The smallest absolute Gasteiger partial charge is 0.182 e. The van der Waals surface area contributed by atoms with Crippen LogP contribution in [0.2, 0.25) is 10.0 Å². The molecule has 2 aromatic rings. The first-order valence-electron chi connectivity index (χ1n) is 6.12. The van der Waals surface area contributed by atoms with Gasteiger partial charge < -0.3 is 5.32 Å². The Morgan fingerprint density at radius 2 is 2.05 bits per heavy atom. The minimum absolute atomic E-state index is 0.435. The van der Waals surface area contributed by atoms with E-state index in [1.54, 1.807) is 6.07 Å². The van der Waals surface area contributed by atoms with Crippen molar-refractivity contribution in [3.8, 4) is 11.5 Å². The maximum atomic E-state index is 6.17. The molecule has 0 spiro atoms. The van der Waals surface area contributed by atoms with Crippen molar-refractivity contribution < 1.29 is 0 Å². The lowest BCUT2D eigenvalue weighted by atomic mass is 10.2. The molecule has 1 N–H and O–H groups in total. The third kappa shape index (κ3) is 3.22. The number of aromatic nitrogens is 3. The number of rotatable bonds is 4. The van der Waals surface area contributed by atoms with Crippen molar-refractivity contribution in [1.29, 1.82) is 0 Å². The minimum atomic E-state index is 0.435. The Hall–Kier alpha value is -0.910. The summed E-state index contributed by atoms with van der Waals surface area (Å²) >= 11 is 15.5. The fraction of sp³-hybridized carbons (Fsp3) is 0.308. The van der Waals surface area contributed by atoms with Gasteiger partial charge >= 0.3 is 0 Å². The van der Waals surface area contributed by atoms with Gasteiger partial charge in [-0.05, 0) is 28.4 Å². The van der Waals surface area contributed by atoms with E-state index >= 15 is 0 Å². The lowest BCUT2D eigenvalue weighted by molar-refractivity contribution is 0.867. The van der Waals surface area contributed by atoms with Crippen molar-refractivity contribution >= 4 is 44.9 Å². The highest BCUT2D eigenvalue weighted by molar-refractivity contribution is 9.10. The SMILES string of the molecule is CCCc1nc(-c2ncc(Cl)cc2Cl)nc(NC)c1Br. The van der Waals surface area contributed by atoms with E-state index in [-0.39, 0.29) is 0 Å². The van der Waals surface area contributed by atoms with Gasteiger partial charge in [0.15, 0.2) is 5.82 Å². The summed E-state index contributed by atoms with van der Waals surface area (Å²) in [6.45, 7) is 2.10. The summed E-state index contributed by atoms with van der Waals surface area (Å²) in [4.78, 5) is 13.2. The number of nitrogens with zero attached hydrogens (tertiary/aromatic N) is 3. The summed E-state index contributed by atoms with van der Waals surface area (Å²) in [5.74, 6) is 1.20. The first-order chi connectivity index (χ1) is 9.56. The van der Waals surface area contributed by atoms with Crippen LogP contribution < -0.4 is 5.32 Å². The average molecular weight is 376 g/mol. The number of anilines is 1. The molecule has 0 aromatic carbocycles. The van der Waals surface area contributed by atoms with Crippen LogP contribution in [-0.2, 0) is 6.42 Å². The Morgan fingerprint density at radius 3 is 2.65 bits per heavy atom. The maximum Gasteiger partial charge on any atom is 0.182 e. The molecule has 20 heavy (non-hydrogen) atoms. The fourth-order valence-corrected chi connectivity index (χ4v) is 2.79. The van der Waals surface area contributed by atoms with E-state index in [1.165, 1.54) is 6.20 Å².